The van der Waals surface area contributed by atoms with E-state index in [-0.39, 0.29) is 35.8 Å². The van der Waals surface area contributed by atoms with Crippen molar-refractivity contribution in [2.24, 2.45) is 10.9 Å². The molecule has 152 valence electrons. The topological polar surface area (TPSA) is 68.8 Å². The summed E-state index contributed by atoms with van der Waals surface area (Å²) in [5, 5.41) is 9.61. The van der Waals surface area contributed by atoms with E-state index in [0.29, 0.717) is 19.1 Å². The summed E-state index contributed by atoms with van der Waals surface area (Å²) < 4.78 is 0. The first-order valence-electron chi connectivity index (χ1n) is 9.63. The number of benzene rings is 1. The van der Waals surface area contributed by atoms with Gasteiger partial charge in [-0.25, -0.2) is 0 Å². The Bertz CT molecular complexity index is 573. The third kappa shape index (κ3) is 8.04. The van der Waals surface area contributed by atoms with E-state index < -0.39 is 0 Å². The van der Waals surface area contributed by atoms with Crippen molar-refractivity contribution in [3.05, 3.63) is 35.9 Å². The number of carbonyl (C=O) groups is 1. The minimum absolute atomic E-state index is 0. The van der Waals surface area contributed by atoms with Crippen molar-refractivity contribution < 1.29 is 4.79 Å². The summed E-state index contributed by atoms with van der Waals surface area (Å²) in [6.45, 7) is 8.13. The Hall–Kier alpha value is -1.35. The predicted octanol–water partition coefficient (Wildman–Crippen LogP) is 2.38. The van der Waals surface area contributed by atoms with Crippen molar-refractivity contribution in [3.8, 4) is 0 Å². The molecular weight excluding hydrogens is 453 g/mol. The van der Waals surface area contributed by atoms with Gasteiger partial charge >= 0.3 is 0 Å². The Kier molecular flexibility index (Phi) is 11.3. The molecule has 3 N–H and O–H groups in total. The lowest BCUT2D eigenvalue weighted by molar-refractivity contribution is -0.123. The zero-order chi connectivity index (χ0) is 18.8. The fraction of sp³-hybridized carbons (Fsp3) is 0.600. The smallest absolute Gasteiger partial charge is 0.222 e. The maximum absolute atomic E-state index is 11.6. The molecule has 1 unspecified atom stereocenters. The van der Waals surface area contributed by atoms with Crippen LogP contribution in [0.3, 0.4) is 0 Å². The third-order valence-corrected chi connectivity index (χ3v) is 4.69. The largest absolute Gasteiger partial charge is 0.355 e. The van der Waals surface area contributed by atoms with Crippen molar-refractivity contribution in [1.82, 2.24) is 20.9 Å². The SMILES string of the molecule is CN=C(NCCNC(=O)C(C)C)NCC(c1ccccc1)N1CCCC1.I. The first-order chi connectivity index (χ1) is 12.6. The van der Waals surface area contributed by atoms with Crippen molar-refractivity contribution >= 4 is 35.8 Å². The van der Waals surface area contributed by atoms with Gasteiger partial charge in [0, 0.05) is 32.6 Å². The lowest BCUT2D eigenvalue weighted by Gasteiger charge is -2.29. The molecule has 0 saturated carbocycles. The van der Waals surface area contributed by atoms with Crippen molar-refractivity contribution in [3.63, 3.8) is 0 Å². The van der Waals surface area contributed by atoms with Crippen LogP contribution in [-0.2, 0) is 4.79 Å². The van der Waals surface area contributed by atoms with Crippen LogP contribution in [0.15, 0.2) is 35.3 Å². The Morgan fingerprint density at radius 3 is 2.30 bits per heavy atom. The van der Waals surface area contributed by atoms with E-state index in [4.69, 9.17) is 0 Å². The third-order valence-electron chi connectivity index (χ3n) is 4.69. The second-order valence-corrected chi connectivity index (χ2v) is 7.00. The van der Waals surface area contributed by atoms with Crippen LogP contribution in [0.1, 0.15) is 38.3 Å². The van der Waals surface area contributed by atoms with Crippen LogP contribution in [0.2, 0.25) is 0 Å². The molecule has 1 aliphatic heterocycles. The maximum atomic E-state index is 11.6. The molecule has 1 aromatic carbocycles. The van der Waals surface area contributed by atoms with Gasteiger partial charge in [0.15, 0.2) is 5.96 Å². The van der Waals surface area contributed by atoms with Crippen molar-refractivity contribution in [1.29, 1.82) is 0 Å². The lowest BCUT2D eigenvalue weighted by atomic mass is 10.1. The summed E-state index contributed by atoms with van der Waals surface area (Å²) in [7, 11) is 1.77. The van der Waals surface area contributed by atoms with E-state index in [1.54, 1.807) is 7.05 Å². The number of hydrogen-bond donors (Lipinski definition) is 3. The lowest BCUT2D eigenvalue weighted by Crippen LogP contribution is -2.45. The predicted molar refractivity (Wildman–Crippen MR) is 123 cm³/mol. The molecule has 1 amide bonds. The highest BCUT2D eigenvalue weighted by molar-refractivity contribution is 14.0. The van der Waals surface area contributed by atoms with Crippen LogP contribution in [0, 0.1) is 5.92 Å². The quantitative estimate of drug-likeness (QED) is 0.228. The molecule has 1 saturated heterocycles. The number of nitrogens with zero attached hydrogens (tertiary/aromatic N) is 2. The second kappa shape index (κ2) is 12.9. The fourth-order valence-corrected chi connectivity index (χ4v) is 3.17. The van der Waals surface area contributed by atoms with Crippen LogP contribution < -0.4 is 16.0 Å². The second-order valence-electron chi connectivity index (χ2n) is 7.00. The highest BCUT2D eigenvalue weighted by Crippen LogP contribution is 2.24. The van der Waals surface area contributed by atoms with Crippen LogP contribution in [0.25, 0.3) is 0 Å². The van der Waals surface area contributed by atoms with Gasteiger partial charge in [-0.1, -0.05) is 44.2 Å². The molecule has 0 spiro atoms. The zero-order valence-corrected chi connectivity index (χ0v) is 19.0. The van der Waals surface area contributed by atoms with Gasteiger partial charge < -0.3 is 16.0 Å². The number of hydrogen-bond acceptors (Lipinski definition) is 3. The van der Waals surface area contributed by atoms with Gasteiger partial charge in [-0.05, 0) is 31.5 Å². The van der Waals surface area contributed by atoms with Crippen molar-refractivity contribution in [2.45, 2.75) is 32.7 Å². The van der Waals surface area contributed by atoms with Gasteiger partial charge in [-0.15, -0.1) is 24.0 Å². The molecule has 1 heterocycles. The Labute approximate surface area is 180 Å². The molecule has 1 aliphatic rings. The highest BCUT2D eigenvalue weighted by atomic mass is 127. The van der Waals surface area contributed by atoms with Gasteiger partial charge in [0.2, 0.25) is 5.91 Å². The number of carbonyl (C=O) groups excluding carboxylic acids is 1. The summed E-state index contributed by atoms with van der Waals surface area (Å²) >= 11 is 0. The first-order valence-corrected chi connectivity index (χ1v) is 9.63. The normalized spacial score (nSPS) is 15.9. The molecule has 0 aromatic heterocycles. The van der Waals surface area contributed by atoms with Crippen LogP contribution in [-0.4, -0.2) is 56.5 Å². The van der Waals surface area contributed by atoms with E-state index in [0.717, 1.165) is 25.6 Å². The monoisotopic (exact) mass is 487 g/mol. The molecule has 1 aromatic rings. The standard InChI is InChI=1S/C20H33N5O.HI/c1-16(2)19(26)22-11-12-23-20(21-3)24-15-18(25-13-7-8-14-25)17-9-5-4-6-10-17;/h4-6,9-10,16,18H,7-8,11-15H2,1-3H3,(H,22,26)(H2,21,23,24);1H. The molecule has 7 heteroatoms. The summed E-state index contributed by atoms with van der Waals surface area (Å²) in [6.07, 6.45) is 2.54. The van der Waals surface area contributed by atoms with Crippen LogP contribution in [0.5, 0.6) is 0 Å². The Morgan fingerprint density at radius 2 is 1.70 bits per heavy atom. The van der Waals surface area contributed by atoms with E-state index in [1.165, 1.54) is 18.4 Å². The number of rotatable bonds is 8. The molecule has 1 atom stereocenters. The number of guanidine groups is 1. The zero-order valence-electron chi connectivity index (χ0n) is 16.7. The molecule has 0 aliphatic carbocycles. The minimum Gasteiger partial charge on any atom is -0.355 e. The number of aliphatic imine (C=N–C) groups is 1. The summed E-state index contributed by atoms with van der Waals surface area (Å²) in [5.74, 6) is 0.858. The van der Waals surface area contributed by atoms with E-state index >= 15 is 0 Å². The number of amides is 1. The van der Waals surface area contributed by atoms with Crippen molar-refractivity contribution in [2.75, 3.05) is 39.8 Å². The molecule has 0 bridgehead atoms. The Morgan fingerprint density at radius 1 is 1.07 bits per heavy atom. The average Bonchev–Trinajstić information content (AvgIpc) is 3.18. The van der Waals surface area contributed by atoms with E-state index in [9.17, 15) is 4.79 Å². The molecule has 27 heavy (non-hydrogen) atoms. The first kappa shape index (κ1) is 23.7. The fourth-order valence-electron chi connectivity index (χ4n) is 3.17. The highest BCUT2D eigenvalue weighted by Gasteiger charge is 2.23. The molecule has 6 nitrogen and oxygen atoms in total. The minimum atomic E-state index is 0. The molecular formula is C20H34IN5O. The van der Waals surface area contributed by atoms with E-state index in [1.807, 2.05) is 13.8 Å². The number of nitrogens with one attached hydrogen (secondary N) is 3. The Balaban J connectivity index is 0.00000364. The van der Waals surface area contributed by atoms with E-state index in [2.05, 4.69) is 56.2 Å². The molecule has 0 radical (unpaired) electrons. The summed E-state index contributed by atoms with van der Waals surface area (Å²) in [5.41, 5.74) is 1.33. The number of halogens is 1. The number of likely N-dealkylation sites (tertiary alicyclic amines) is 1. The summed E-state index contributed by atoms with van der Waals surface area (Å²) in [6, 6.07) is 11.0. The van der Waals surface area contributed by atoms with Gasteiger partial charge in [-0.3, -0.25) is 14.7 Å². The van der Waals surface area contributed by atoms with Gasteiger partial charge in [0.05, 0.1) is 6.04 Å². The van der Waals surface area contributed by atoms with Gasteiger partial charge in [0.1, 0.15) is 0 Å². The molecule has 1 fully saturated rings. The summed E-state index contributed by atoms with van der Waals surface area (Å²) in [4.78, 5) is 18.4. The van der Waals surface area contributed by atoms with Crippen LogP contribution in [0.4, 0.5) is 0 Å². The van der Waals surface area contributed by atoms with Gasteiger partial charge in [-0.2, -0.15) is 0 Å². The molecule has 2 rings (SSSR count). The van der Waals surface area contributed by atoms with Gasteiger partial charge in [0.25, 0.3) is 0 Å². The van der Waals surface area contributed by atoms with Crippen LogP contribution >= 0.6 is 24.0 Å². The average molecular weight is 487 g/mol. The maximum Gasteiger partial charge on any atom is 0.222 e.